The predicted octanol–water partition coefficient (Wildman–Crippen LogP) is 3.97. The van der Waals surface area contributed by atoms with Crippen LogP contribution in [0.3, 0.4) is 0 Å². The van der Waals surface area contributed by atoms with Crippen LogP contribution in [0, 0.1) is 13.0 Å². The van der Waals surface area contributed by atoms with E-state index in [1.54, 1.807) is 18.2 Å². The minimum atomic E-state index is -1.37. The number of hydrogen-bond donors (Lipinski definition) is 2. The first-order valence-electron chi connectivity index (χ1n) is 7.14. The zero-order valence-corrected chi connectivity index (χ0v) is 18.5. The summed E-state index contributed by atoms with van der Waals surface area (Å²) in [4.78, 5) is 0. The van der Waals surface area contributed by atoms with Crippen LogP contribution in [0.25, 0.3) is 0 Å². The topological polar surface area (TPSA) is 40.5 Å². The Morgan fingerprint density at radius 1 is 0.955 bits per heavy atom. The van der Waals surface area contributed by atoms with Gasteiger partial charge in [0.25, 0.3) is 0 Å². The van der Waals surface area contributed by atoms with Crippen LogP contribution in [-0.2, 0) is 32.7 Å². The van der Waals surface area contributed by atoms with E-state index in [1.165, 1.54) is 11.6 Å². The molecule has 22 heavy (non-hydrogen) atoms. The van der Waals surface area contributed by atoms with Crippen molar-refractivity contribution in [1.29, 1.82) is 0 Å². The van der Waals surface area contributed by atoms with Gasteiger partial charge in [0.2, 0.25) is 0 Å². The molecule has 2 N–H and O–H groups in total. The maximum atomic E-state index is 8.56. The summed E-state index contributed by atoms with van der Waals surface area (Å²) in [5.41, 5.74) is 1.77. The van der Waals surface area contributed by atoms with Crippen molar-refractivity contribution >= 4 is 28.5 Å². The first-order valence-corrected chi connectivity index (χ1v) is 7.93. The van der Waals surface area contributed by atoms with E-state index in [9.17, 15) is 0 Å². The Hall–Kier alpha value is 0.00883. The van der Waals surface area contributed by atoms with Crippen LogP contribution < -0.4 is 5.46 Å². The van der Waals surface area contributed by atoms with E-state index in [4.69, 9.17) is 10.0 Å². The van der Waals surface area contributed by atoms with Gasteiger partial charge in [-0.15, -0.1) is 5.46 Å². The summed E-state index contributed by atoms with van der Waals surface area (Å²) in [5, 5.41) is 17.1. The Kier molecular flexibility index (Phi) is 23.3. The molecule has 2 nitrogen and oxygen atoms in total. The SMILES string of the molecule is CC.CC.Cc1ccc(Br)cc1.OB(O)c1c[c-]ccc1.[Y]. The molecule has 0 atom stereocenters. The molecular weight excluding hydrogens is 416 g/mol. The summed E-state index contributed by atoms with van der Waals surface area (Å²) in [6.07, 6.45) is 0. The van der Waals surface area contributed by atoms with E-state index < -0.39 is 7.12 Å². The van der Waals surface area contributed by atoms with Crippen molar-refractivity contribution in [2.45, 2.75) is 34.6 Å². The molecule has 0 unspecified atom stereocenters. The van der Waals surface area contributed by atoms with Gasteiger partial charge in [-0.1, -0.05) is 61.3 Å². The van der Waals surface area contributed by atoms with Gasteiger partial charge in [0.15, 0.2) is 0 Å². The normalized spacial score (nSPS) is 7.64. The van der Waals surface area contributed by atoms with Crippen molar-refractivity contribution in [1.82, 2.24) is 0 Å². The number of aryl methyl sites for hydroxylation is 1. The zero-order chi connectivity index (χ0) is 16.7. The predicted molar refractivity (Wildman–Crippen MR) is 96.7 cm³/mol. The Labute approximate surface area is 169 Å². The molecule has 0 fully saturated rings. The largest absolute Gasteiger partial charge is 0.434 e. The van der Waals surface area contributed by atoms with Gasteiger partial charge in [0.1, 0.15) is 0 Å². The standard InChI is InChI=1S/C7H7Br.C6H6BO2.2C2H6.Y/c1-6-2-4-7(8)5-3-6;8-7(9)6-4-2-1-3-5-6;2*1-2;/h2-5H,1H3;1-2,4-5,8-9H;2*1-2H3;/q;-1;;;. The van der Waals surface area contributed by atoms with Crippen LogP contribution in [0.15, 0.2) is 53.0 Å². The fourth-order valence-corrected chi connectivity index (χ4v) is 1.37. The van der Waals surface area contributed by atoms with E-state index >= 15 is 0 Å². The molecule has 0 aromatic heterocycles. The summed E-state index contributed by atoms with van der Waals surface area (Å²) in [7, 11) is -1.37. The molecule has 119 valence electrons. The summed E-state index contributed by atoms with van der Waals surface area (Å²) >= 11 is 3.35. The molecule has 0 spiro atoms. The number of halogens is 1. The second-order valence-electron chi connectivity index (χ2n) is 3.51. The van der Waals surface area contributed by atoms with Crippen molar-refractivity contribution in [2.75, 3.05) is 0 Å². The van der Waals surface area contributed by atoms with Gasteiger partial charge in [-0.25, -0.2) is 0 Å². The van der Waals surface area contributed by atoms with E-state index in [-0.39, 0.29) is 32.7 Å². The van der Waals surface area contributed by atoms with Crippen LogP contribution in [0.1, 0.15) is 33.3 Å². The van der Waals surface area contributed by atoms with E-state index in [0.29, 0.717) is 5.46 Å². The quantitative estimate of drug-likeness (QED) is 0.520. The summed E-state index contributed by atoms with van der Waals surface area (Å²) < 4.78 is 1.14. The molecule has 2 rings (SSSR count). The molecule has 0 saturated carbocycles. The fourth-order valence-electron chi connectivity index (χ4n) is 1.10. The molecule has 0 amide bonds. The molecule has 0 aliphatic rings. The van der Waals surface area contributed by atoms with E-state index in [0.717, 1.165) is 4.47 Å². The van der Waals surface area contributed by atoms with Crippen LogP contribution in [0.2, 0.25) is 0 Å². The Bertz CT molecular complexity index is 415. The minimum absolute atomic E-state index is 0. The van der Waals surface area contributed by atoms with Crippen molar-refractivity contribution in [3.8, 4) is 0 Å². The van der Waals surface area contributed by atoms with Crippen molar-refractivity contribution in [2.24, 2.45) is 0 Å². The smallest absolute Gasteiger partial charge is 0.412 e. The first-order chi connectivity index (χ1) is 10.1. The molecule has 5 heteroatoms. The van der Waals surface area contributed by atoms with Gasteiger partial charge < -0.3 is 10.0 Å². The van der Waals surface area contributed by atoms with Crippen molar-refractivity contribution in [3.05, 3.63) is 64.6 Å². The van der Waals surface area contributed by atoms with Gasteiger partial charge in [0.05, 0.1) is 0 Å². The zero-order valence-electron chi connectivity index (χ0n) is 14.0. The van der Waals surface area contributed by atoms with Gasteiger partial charge in [0, 0.05) is 37.2 Å². The fraction of sp³-hybridized carbons (Fsp3) is 0.294. The molecule has 0 saturated heterocycles. The summed E-state index contributed by atoms with van der Waals surface area (Å²) in [5.74, 6) is 0. The van der Waals surface area contributed by atoms with Gasteiger partial charge in [-0.05, 0) is 19.1 Å². The maximum absolute atomic E-state index is 8.56. The average Bonchev–Trinajstić information content (AvgIpc) is 2.55. The Morgan fingerprint density at radius 2 is 1.45 bits per heavy atom. The third-order valence-electron chi connectivity index (χ3n) is 2.04. The molecular formula is C17H25BBrO2Y-. The van der Waals surface area contributed by atoms with Crippen molar-refractivity contribution < 1.29 is 42.8 Å². The third kappa shape index (κ3) is 14.9. The molecule has 2 aromatic carbocycles. The molecule has 2 aromatic rings. The first kappa shape index (κ1) is 26.9. The van der Waals surface area contributed by atoms with Gasteiger partial charge >= 0.3 is 7.12 Å². The summed E-state index contributed by atoms with van der Waals surface area (Å²) in [6, 6.07) is 17.5. The third-order valence-corrected chi connectivity index (χ3v) is 2.57. The van der Waals surface area contributed by atoms with Crippen LogP contribution in [0.4, 0.5) is 0 Å². The molecule has 0 bridgehead atoms. The van der Waals surface area contributed by atoms with Gasteiger partial charge in [-0.2, -0.15) is 30.3 Å². The molecule has 0 aliphatic carbocycles. The number of benzene rings is 2. The maximum Gasteiger partial charge on any atom is 0.412 e. The van der Waals surface area contributed by atoms with Crippen LogP contribution in [0.5, 0.6) is 0 Å². The molecule has 0 heterocycles. The Morgan fingerprint density at radius 3 is 1.73 bits per heavy atom. The monoisotopic (exact) mass is 440 g/mol. The number of rotatable bonds is 1. The molecule has 1 radical (unpaired) electrons. The summed E-state index contributed by atoms with van der Waals surface area (Å²) in [6.45, 7) is 10.1. The van der Waals surface area contributed by atoms with Crippen LogP contribution in [-0.4, -0.2) is 17.2 Å². The number of hydrogen-bond acceptors (Lipinski definition) is 2. The van der Waals surface area contributed by atoms with Crippen molar-refractivity contribution in [3.63, 3.8) is 0 Å². The Balaban J connectivity index is -0.000000259. The second-order valence-corrected chi connectivity index (χ2v) is 4.42. The minimum Gasteiger partial charge on any atom is -0.434 e. The second kappa shape index (κ2) is 19.1. The van der Waals surface area contributed by atoms with E-state index in [2.05, 4.69) is 41.1 Å². The van der Waals surface area contributed by atoms with Gasteiger partial charge in [-0.3, -0.25) is 0 Å². The van der Waals surface area contributed by atoms with E-state index in [1.807, 2.05) is 39.8 Å². The molecule has 0 aliphatic heterocycles. The average molecular weight is 441 g/mol. The van der Waals surface area contributed by atoms with Crippen LogP contribution >= 0.6 is 15.9 Å².